The summed E-state index contributed by atoms with van der Waals surface area (Å²) in [6, 6.07) is 1.71. The Bertz CT molecular complexity index is 473. The fourth-order valence-corrected chi connectivity index (χ4v) is 1.48. The van der Waals surface area contributed by atoms with Crippen LogP contribution in [0.4, 0.5) is 0 Å². The van der Waals surface area contributed by atoms with Crippen LogP contribution in [0.3, 0.4) is 0 Å². The van der Waals surface area contributed by atoms with E-state index in [4.69, 9.17) is 0 Å². The Morgan fingerprint density at radius 2 is 2.14 bits per heavy atom. The van der Waals surface area contributed by atoms with E-state index in [-0.39, 0.29) is 11.7 Å². The van der Waals surface area contributed by atoms with Crippen LogP contribution in [0, 0.1) is 0 Å². The van der Waals surface area contributed by atoms with Gasteiger partial charge in [-0.3, -0.25) is 0 Å². The lowest BCUT2D eigenvalue weighted by molar-refractivity contribution is 0.461. The van der Waals surface area contributed by atoms with Gasteiger partial charge in [-0.2, -0.15) is 0 Å². The van der Waals surface area contributed by atoms with E-state index < -0.39 is 0 Å². The van der Waals surface area contributed by atoms with Crippen molar-refractivity contribution >= 4 is 11.2 Å². The second-order valence-corrected chi connectivity index (χ2v) is 3.75. The van der Waals surface area contributed by atoms with Gasteiger partial charge in [-0.15, -0.1) is 0 Å². The van der Waals surface area contributed by atoms with E-state index in [1.165, 1.54) is 0 Å². The van der Waals surface area contributed by atoms with Crippen LogP contribution in [0.25, 0.3) is 11.2 Å². The topological polar surface area (TPSA) is 50.9 Å². The monoisotopic (exact) mass is 191 g/mol. The van der Waals surface area contributed by atoms with E-state index >= 15 is 0 Å². The molecule has 14 heavy (non-hydrogen) atoms. The highest BCUT2D eigenvalue weighted by molar-refractivity contribution is 5.73. The SMILES string of the molecule is CC(C)c1nc2ncn(C)c2cc1O. The summed E-state index contributed by atoms with van der Waals surface area (Å²) in [5.41, 5.74) is 2.25. The minimum Gasteiger partial charge on any atom is -0.506 e. The number of nitrogens with zero attached hydrogens (tertiary/aromatic N) is 3. The zero-order valence-electron chi connectivity index (χ0n) is 8.52. The Hall–Kier alpha value is -1.58. The van der Waals surface area contributed by atoms with Crippen molar-refractivity contribution in [2.75, 3.05) is 0 Å². The van der Waals surface area contributed by atoms with Crippen molar-refractivity contribution in [2.45, 2.75) is 19.8 Å². The van der Waals surface area contributed by atoms with Crippen molar-refractivity contribution in [1.82, 2.24) is 14.5 Å². The average Bonchev–Trinajstić information content (AvgIpc) is 2.46. The third-order valence-corrected chi connectivity index (χ3v) is 2.27. The van der Waals surface area contributed by atoms with E-state index in [2.05, 4.69) is 9.97 Å². The summed E-state index contributed by atoms with van der Waals surface area (Å²) in [6.45, 7) is 3.99. The smallest absolute Gasteiger partial charge is 0.178 e. The normalized spacial score (nSPS) is 11.4. The van der Waals surface area contributed by atoms with Crippen molar-refractivity contribution in [1.29, 1.82) is 0 Å². The van der Waals surface area contributed by atoms with Gasteiger partial charge < -0.3 is 9.67 Å². The summed E-state index contributed by atoms with van der Waals surface area (Å²) >= 11 is 0. The largest absolute Gasteiger partial charge is 0.506 e. The summed E-state index contributed by atoms with van der Waals surface area (Å²) in [4.78, 5) is 8.46. The van der Waals surface area contributed by atoms with Crippen LogP contribution in [0.2, 0.25) is 0 Å². The molecule has 0 aliphatic heterocycles. The van der Waals surface area contributed by atoms with Crippen LogP contribution in [0.1, 0.15) is 25.5 Å². The molecule has 0 atom stereocenters. The minimum atomic E-state index is 0.210. The van der Waals surface area contributed by atoms with Crippen LogP contribution >= 0.6 is 0 Å². The molecule has 2 aromatic heterocycles. The molecule has 0 aliphatic carbocycles. The summed E-state index contributed by atoms with van der Waals surface area (Å²) in [5, 5.41) is 9.72. The Kier molecular flexibility index (Phi) is 1.91. The van der Waals surface area contributed by atoms with Crippen molar-refractivity contribution < 1.29 is 5.11 Å². The van der Waals surface area contributed by atoms with E-state index in [0.717, 1.165) is 5.52 Å². The maximum atomic E-state index is 9.72. The number of imidazole rings is 1. The van der Waals surface area contributed by atoms with Crippen molar-refractivity contribution in [3.63, 3.8) is 0 Å². The molecule has 0 aliphatic rings. The molecule has 0 unspecified atom stereocenters. The van der Waals surface area contributed by atoms with Crippen LogP contribution in [-0.4, -0.2) is 19.6 Å². The van der Waals surface area contributed by atoms with Gasteiger partial charge in [0.2, 0.25) is 0 Å². The summed E-state index contributed by atoms with van der Waals surface area (Å²) in [6.07, 6.45) is 1.70. The van der Waals surface area contributed by atoms with Gasteiger partial charge in [-0.25, -0.2) is 9.97 Å². The van der Waals surface area contributed by atoms with Crippen LogP contribution in [0.5, 0.6) is 5.75 Å². The number of aromatic hydroxyl groups is 1. The molecule has 2 aromatic rings. The Labute approximate surface area is 82.2 Å². The van der Waals surface area contributed by atoms with E-state index in [1.54, 1.807) is 12.4 Å². The van der Waals surface area contributed by atoms with Crippen molar-refractivity contribution in [2.24, 2.45) is 7.05 Å². The number of fused-ring (bicyclic) bond motifs is 1. The molecule has 0 spiro atoms. The highest BCUT2D eigenvalue weighted by atomic mass is 16.3. The maximum Gasteiger partial charge on any atom is 0.178 e. The molecule has 0 amide bonds. The number of rotatable bonds is 1. The van der Waals surface area contributed by atoms with Crippen LogP contribution in [-0.2, 0) is 7.05 Å². The van der Waals surface area contributed by atoms with Gasteiger partial charge in [0.05, 0.1) is 17.5 Å². The molecule has 0 fully saturated rings. The first-order valence-corrected chi connectivity index (χ1v) is 4.60. The highest BCUT2D eigenvalue weighted by Crippen LogP contribution is 2.26. The second-order valence-electron chi connectivity index (χ2n) is 3.75. The van der Waals surface area contributed by atoms with Crippen LogP contribution in [0.15, 0.2) is 12.4 Å². The third kappa shape index (κ3) is 1.23. The third-order valence-electron chi connectivity index (χ3n) is 2.27. The fraction of sp³-hybridized carbons (Fsp3) is 0.400. The van der Waals surface area contributed by atoms with Gasteiger partial charge in [0, 0.05) is 13.1 Å². The lowest BCUT2D eigenvalue weighted by atomic mass is 10.1. The van der Waals surface area contributed by atoms with Crippen LogP contribution < -0.4 is 0 Å². The van der Waals surface area contributed by atoms with Gasteiger partial charge in [0.25, 0.3) is 0 Å². The molecule has 0 bridgehead atoms. The quantitative estimate of drug-likeness (QED) is 0.747. The minimum absolute atomic E-state index is 0.210. The van der Waals surface area contributed by atoms with E-state index in [1.807, 2.05) is 25.5 Å². The average molecular weight is 191 g/mol. The molecular weight excluding hydrogens is 178 g/mol. The lowest BCUT2D eigenvalue weighted by Gasteiger charge is -2.06. The molecular formula is C10H13N3O. The van der Waals surface area contributed by atoms with Crippen molar-refractivity contribution in [3.8, 4) is 5.75 Å². The first-order valence-electron chi connectivity index (χ1n) is 4.60. The zero-order chi connectivity index (χ0) is 10.3. The molecule has 2 heterocycles. The summed E-state index contributed by atoms with van der Waals surface area (Å²) in [5.74, 6) is 0.456. The van der Waals surface area contributed by atoms with E-state index in [9.17, 15) is 5.11 Å². The van der Waals surface area contributed by atoms with Gasteiger partial charge >= 0.3 is 0 Å². The summed E-state index contributed by atoms with van der Waals surface area (Å²) in [7, 11) is 1.88. The number of hydrogen-bond acceptors (Lipinski definition) is 3. The van der Waals surface area contributed by atoms with Crippen molar-refractivity contribution in [3.05, 3.63) is 18.1 Å². The second kappa shape index (κ2) is 2.97. The fourth-order valence-electron chi connectivity index (χ4n) is 1.48. The first-order chi connectivity index (χ1) is 6.59. The summed E-state index contributed by atoms with van der Waals surface area (Å²) < 4.78 is 1.84. The molecule has 4 heteroatoms. The predicted molar refractivity (Wildman–Crippen MR) is 54.3 cm³/mol. The highest BCUT2D eigenvalue weighted by Gasteiger charge is 2.11. The lowest BCUT2D eigenvalue weighted by Crippen LogP contribution is -1.94. The Morgan fingerprint density at radius 1 is 1.43 bits per heavy atom. The molecule has 4 nitrogen and oxygen atoms in total. The molecule has 0 aromatic carbocycles. The van der Waals surface area contributed by atoms with Gasteiger partial charge in [-0.1, -0.05) is 13.8 Å². The predicted octanol–water partition coefficient (Wildman–Crippen LogP) is 1.80. The van der Waals surface area contributed by atoms with Gasteiger partial charge in [0.1, 0.15) is 5.75 Å². The number of aryl methyl sites for hydroxylation is 1. The Balaban J connectivity index is 2.72. The molecule has 2 rings (SSSR count). The standard InChI is InChI=1S/C10H13N3O/c1-6(2)9-8(14)4-7-10(12-9)11-5-13(7)3/h4-6,14H,1-3H3. The maximum absolute atomic E-state index is 9.72. The number of pyridine rings is 1. The molecule has 0 saturated carbocycles. The first kappa shape index (κ1) is 8.99. The molecule has 1 N–H and O–H groups in total. The number of aromatic nitrogens is 3. The van der Waals surface area contributed by atoms with E-state index in [0.29, 0.717) is 11.3 Å². The van der Waals surface area contributed by atoms with Gasteiger partial charge in [0.15, 0.2) is 5.65 Å². The van der Waals surface area contributed by atoms with Gasteiger partial charge in [-0.05, 0) is 5.92 Å². The molecule has 0 radical (unpaired) electrons. The Morgan fingerprint density at radius 3 is 2.79 bits per heavy atom. The molecule has 0 saturated heterocycles. The number of hydrogen-bond donors (Lipinski definition) is 1. The zero-order valence-corrected chi connectivity index (χ0v) is 8.52. The molecule has 74 valence electrons.